The number of ether oxygens (including phenoxy) is 1. The zero-order chi connectivity index (χ0) is 14.2. The topological polar surface area (TPSA) is 46.6 Å². The lowest BCUT2D eigenvalue weighted by molar-refractivity contribution is -0.145. The molecule has 102 valence electrons. The van der Waals surface area contributed by atoms with Gasteiger partial charge in [-0.05, 0) is 12.1 Å². The van der Waals surface area contributed by atoms with Crippen molar-refractivity contribution in [3.63, 3.8) is 0 Å². The van der Waals surface area contributed by atoms with Crippen LogP contribution in [0, 0.1) is 17.6 Å². The Labute approximate surface area is 112 Å². The summed E-state index contributed by atoms with van der Waals surface area (Å²) in [5.41, 5.74) is -0.485. The van der Waals surface area contributed by atoms with Crippen LogP contribution in [0.2, 0.25) is 5.02 Å². The van der Waals surface area contributed by atoms with E-state index in [2.05, 4.69) is 4.74 Å². The van der Waals surface area contributed by atoms with Gasteiger partial charge >= 0.3 is 5.97 Å². The molecule has 0 N–H and O–H groups in total. The first-order valence-electron chi connectivity index (χ1n) is 5.46. The number of carbonyl (C=O) groups is 2. The number of carbonyl (C=O) groups excluding carboxylic acids is 2. The number of amides is 1. The summed E-state index contributed by atoms with van der Waals surface area (Å²) in [5, 5.41) is -0.102. The van der Waals surface area contributed by atoms with E-state index in [-0.39, 0.29) is 18.0 Å². The number of methoxy groups -OCH3 is 1. The summed E-state index contributed by atoms with van der Waals surface area (Å²) in [6.45, 7) is -0.110. The Bertz CT molecular complexity index is 527. The monoisotopic (exact) mass is 289 g/mol. The van der Waals surface area contributed by atoms with Crippen molar-refractivity contribution in [3.05, 3.63) is 28.8 Å². The molecule has 1 aromatic rings. The molecule has 1 aromatic carbocycles. The molecule has 4 nitrogen and oxygen atoms in total. The van der Waals surface area contributed by atoms with E-state index in [1.807, 2.05) is 0 Å². The van der Waals surface area contributed by atoms with E-state index in [1.165, 1.54) is 7.11 Å². The molecule has 1 fully saturated rings. The molecular weight excluding hydrogens is 280 g/mol. The fraction of sp³-hybridized carbons (Fsp3) is 0.333. The summed E-state index contributed by atoms with van der Waals surface area (Å²) < 4.78 is 31.9. The molecule has 19 heavy (non-hydrogen) atoms. The standard InChI is InChI=1S/C12H10ClF2NO3/c1-19-12(18)6-2-10(17)16(5-6)11-8(14)3-7(13)4-9(11)15/h3-4,6H,2,5H2,1H3. The Hall–Kier alpha value is -1.69. The SMILES string of the molecule is COC(=O)C1CC(=O)N(c2c(F)cc(Cl)cc2F)C1. The van der Waals surface area contributed by atoms with Crippen molar-refractivity contribution in [2.75, 3.05) is 18.6 Å². The summed E-state index contributed by atoms with van der Waals surface area (Å²) >= 11 is 5.51. The number of hydrogen-bond acceptors (Lipinski definition) is 3. The highest BCUT2D eigenvalue weighted by Crippen LogP contribution is 2.32. The Morgan fingerprint density at radius 1 is 1.42 bits per heavy atom. The van der Waals surface area contributed by atoms with Crippen LogP contribution in [0.15, 0.2) is 12.1 Å². The van der Waals surface area contributed by atoms with E-state index >= 15 is 0 Å². The highest BCUT2D eigenvalue weighted by atomic mass is 35.5. The molecule has 2 rings (SSSR count). The number of rotatable bonds is 2. The third-order valence-electron chi connectivity index (χ3n) is 2.91. The summed E-state index contributed by atoms with van der Waals surface area (Å²) in [6, 6.07) is 1.83. The van der Waals surface area contributed by atoms with Gasteiger partial charge in [-0.15, -0.1) is 0 Å². The van der Waals surface area contributed by atoms with E-state index < -0.39 is 35.1 Å². The van der Waals surface area contributed by atoms with Crippen molar-refractivity contribution >= 4 is 29.2 Å². The predicted molar refractivity (Wildman–Crippen MR) is 63.8 cm³/mol. The summed E-state index contributed by atoms with van der Waals surface area (Å²) in [5.74, 6) is -3.71. The average Bonchev–Trinajstić information content (AvgIpc) is 2.69. The van der Waals surface area contributed by atoms with E-state index in [9.17, 15) is 18.4 Å². The van der Waals surface area contributed by atoms with Crippen molar-refractivity contribution in [2.45, 2.75) is 6.42 Å². The Morgan fingerprint density at radius 2 is 2.00 bits per heavy atom. The van der Waals surface area contributed by atoms with Crippen molar-refractivity contribution in [1.29, 1.82) is 0 Å². The van der Waals surface area contributed by atoms with Crippen molar-refractivity contribution in [1.82, 2.24) is 0 Å². The molecule has 0 saturated carbocycles. The van der Waals surface area contributed by atoms with Gasteiger partial charge in [0.1, 0.15) is 5.69 Å². The average molecular weight is 290 g/mol. The smallest absolute Gasteiger partial charge is 0.311 e. The summed E-state index contributed by atoms with van der Waals surface area (Å²) in [4.78, 5) is 24.0. The number of esters is 1. The van der Waals surface area contributed by atoms with Gasteiger partial charge in [0.05, 0.1) is 13.0 Å². The molecule has 0 radical (unpaired) electrons. The second kappa shape index (κ2) is 5.13. The molecular formula is C12H10ClF2NO3. The zero-order valence-electron chi connectivity index (χ0n) is 9.95. The van der Waals surface area contributed by atoms with Crippen LogP contribution in [0.1, 0.15) is 6.42 Å². The third-order valence-corrected chi connectivity index (χ3v) is 3.13. The molecule has 1 amide bonds. The van der Waals surface area contributed by atoms with E-state index in [1.54, 1.807) is 0 Å². The van der Waals surface area contributed by atoms with Crippen LogP contribution >= 0.6 is 11.6 Å². The van der Waals surface area contributed by atoms with Crippen molar-refractivity contribution in [2.24, 2.45) is 5.92 Å². The maximum absolute atomic E-state index is 13.7. The number of hydrogen-bond donors (Lipinski definition) is 0. The van der Waals surface area contributed by atoms with Crippen molar-refractivity contribution < 1.29 is 23.1 Å². The third kappa shape index (κ3) is 2.53. The predicted octanol–water partition coefficient (Wildman–Crippen LogP) is 2.14. The van der Waals surface area contributed by atoms with Gasteiger partial charge in [0.2, 0.25) is 5.91 Å². The van der Waals surface area contributed by atoms with Crippen LogP contribution in [0.5, 0.6) is 0 Å². The number of benzene rings is 1. The fourth-order valence-corrected chi connectivity index (χ4v) is 2.23. The first-order valence-corrected chi connectivity index (χ1v) is 5.84. The highest BCUT2D eigenvalue weighted by molar-refractivity contribution is 6.30. The molecule has 7 heteroatoms. The normalized spacial score (nSPS) is 18.8. The molecule has 1 aliphatic rings. The lowest BCUT2D eigenvalue weighted by Gasteiger charge is -2.18. The largest absolute Gasteiger partial charge is 0.469 e. The Morgan fingerprint density at radius 3 is 2.53 bits per heavy atom. The minimum atomic E-state index is -0.941. The van der Waals surface area contributed by atoms with Gasteiger partial charge in [0.15, 0.2) is 11.6 Å². The maximum Gasteiger partial charge on any atom is 0.311 e. The van der Waals surface area contributed by atoms with Gasteiger partial charge < -0.3 is 9.64 Å². The van der Waals surface area contributed by atoms with Crippen molar-refractivity contribution in [3.8, 4) is 0 Å². The molecule has 0 bridgehead atoms. The molecule has 0 spiro atoms. The van der Waals surface area contributed by atoms with Gasteiger partial charge in [-0.3, -0.25) is 9.59 Å². The van der Waals surface area contributed by atoms with E-state index in [0.29, 0.717) is 0 Å². The number of halogens is 3. The van der Waals surface area contributed by atoms with Crippen LogP contribution in [0.3, 0.4) is 0 Å². The van der Waals surface area contributed by atoms with E-state index in [4.69, 9.17) is 11.6 Å². The Kier molecular flexibility index (Phi) is 3.71. The zero-order valence-corrected chi connectivity index (χ0v) is 10.7. The van der Waals surface area contributed by atoms with Gasteiger partial charge in [-0.25, -0.2) is 8.78 Å². The molecule has 1 aliphatic heterocycles. The van der Waals surface area contributed by atoms with Crippen LogP contribution in [-0.2, 0) is 14.3 Å². The molecule has 1 atom stereocenters. The fourth-order valence-electron chi connectivity index (χ4n) is 2.04. The minimum absolute atomic E-state index is 0.102. The number of anilines is 1. The maximum atomic E-state index is 13.7. The van der Waals surface area contributed by atoms with Gasteiger partial charge in [-0.1, -0.05) is 11.6 Å². The highest BCUT2D eigenvalue weighted by Gasteiger charge is 2.38. The molecule has 0 aromatic heterocycles. The van der Waals surface area contributed by atoms with Gasteiger partial charge in [0.25, 0.3) is 0 Å². The van der Waals surface area contributed by atoms with Crippen LogP contribution in [-0.4, -0.2) is 25.5 Å². The molecule has 1 saturated heterocycles. The van der Waals surface area contributed by atoms with Gasteiger partial charge in [-0.2, -0.15) is 0 Å². The minimum Gasteiger partial charge on any atom is -0.469 e. The quantitative estimate of drug-likeness (QED) is 0.784. The molecule has 0 aliphatic carbocycles. The van der Waals surface area contributed by atoms with Crippen LogP contribution in [0.25, 0.3) is 0 Å². The summed E-state index contributed by atoms with van der Waals surface area (Å²) in [7, 11) is 1.19. The second-order valence-electron chi connectivity index (χ2n) is 4.15. The lowest BCUT2D eigenvalue weighted by atomic mass is 10.1. The van der Waals surface area contributed by atoms with Gasteiger partial charge in [0, 0.05) is 18.0 Å². The first kappa shape index (κ1) is 13.7. The molecule has 1 heterocycles. The van der Waals surface area contributed by atoms with Crippen LogP contribution < -0.4 is 4.90 Å². The first-order chi connectivity index (χ1) is 8.93. The molecule has 1 unspecified atom stereocenters. The second-order valence-corrected chi connectivity index (χ2v) is 4.58. The lowest BCUT2D eigenvalue weighted by Crippen LogP contribution is -2.28. The number of nitrogens with zero attached hydrogens (tertiary/aromatic N) is 1. The summed E-state index contributed by atoms with van der Waals surface area (Å²) in [6.07, 6.45) is -0.131. The van der Waals surface area contributed by atoms with Crippen LogP contribution in [0.4, 0.5) is 14.5 Å². The Balaban J connectivity index is 2.33. The van der Waals surface area contributed by atoms with E-state index in [0.717, 1.165) is 17.0 Å².